The summed E-state index contributed by atoms with van der Waals surface area (Å²) >= 11 is 0. The molecule has 5 nitrogen and oxygen atoms in total. The van der Waals surface area contributed by atoms with E-state index in [-0.39, 0.29) is 11.7 Å². The lowest BCUT2D eigenvalue weighted by Gasteiger charge is -2.28. The van der Waals surface area contributed by atoms with Crippen LogP contribution < -0.4 is 5.73 Å². The van der Waals surface area contributed by atoms with Crippen molar-refractivity contribution >= 4 is 5.91 Å². The number of amides is 1. The predicted octanol–water partition coefficient (Wildman–Crippen LogP) is 3.07. The zero-order valence-corrected chi connectivity index (χ0v) is 14.1. The molecular weight excluding hydrogens is 333 g/mol. The molecule has 6 heteroatoms. The number of rotatable bonds is 3. The van der Waals surface area contributed by atoms with Crippen LogP contribution in [0.3, 0.4) is 0 Å². The van der Waals surface area contributed by atoms with Crippen molar-refractivity contribution in [3.63, 3.8) is 0 Å². The number of hydrogen-bond donors (Lipinski definition) is 1. The lowest BCUT2D eigenvalue weighted by Crippen LogP contribution is -2.41. The van der Waals surface area contributed by atoms with Crippen molar-refractivity contribution < 1.29 is 13.7 Å². The summed E-state index contributed by atoms with van der Waals surface area (Å²) in [7, 11) is 0. The van der Waals surface area contributed by atoms with Crippen molar-refractivity contribution in [2.45, 2.75) is 19.0 Å². The van der Waals surface area contributed by atoms with E-state index >= 15 is 0 Å². The van der Waals surface area contributed by atoms with E-state index in [1.54, 1.807) is 23.1 Å². The second-order valence-electron chi connectivity index (χ2n) is 6.31. The first kappa shape index (κ1) is 16.5. The van der Waals surface area contributed by atoms with Gasteiger partial charge in [0.25, 0.3) is 0 Å². The van der Waals surface area contributed by atoms with Crippen LogP contribution in [-0.2, 0) is 17.8 Å². The molecule has 0 aliphatic carbocycles. The van der Waals surface area contributed by atoms with Gasteiger partial charge in [-0.25, -0.2) is 4.39 Å². The van der Waals surface area contributed by atoms with Crippen molar-refractivity contribution in [1.82, 2.24) is 10.1 Å². The molecule has 3 aromatic rings. The quantitative estimate of drug-likeness (QED) is 0.787. The van der Waals surface area contributed by atoms with Crippen LogP contribution in [0.4, 0.5) is 4.39 Å². The molecule has 0 fully saturated rings. The number of carbonyl (C=O) groups is 1. The van der Waals surface area contributed by atoms with E-state index in [0.29, 0.717) is 36.5 Å². The second-order valence-corrected chi connectivity index (χ2v) is 6.31. The van der Waals surface area contributed by atoms with Gasteiger partial charge in [0.15, 0.2) is 0 Å². The minimum atomic E-state index is -0.727. The number of hydrogen-bond acceptors (Lipinski definition) is 4. The van der Waals surface area contributed by atoms with Gasteiger partial charge in [-0.15, -0.1) is 0 Å². The highest BCUT2D eigenvalue weighted by Gasteiger charge is 2.30. The first-order valence-electron chi connectivity index (χ1n) is 8.47. The molecule has 1 aliphatic rings. The lowest BCUT2D eigenvalue weighted by atomic mass is 9.99. The minimum absolute atomic E-state index is 0.164. The van der Waals surface area contributed by atoms with Crippen LogP contribution in [0, 0.1) is 5.82 Å². The lowest BCUT2D eigenvalue weighted by molar-refractivity contribution is -0.133. The first-order chi connectivity index (χ1) is 12.6. The second kappa shape index (κ2) is 6.72. The van der Waals surface area contributed by atoms with Crippen LogP contribution in [0.5, 0.6) is 0 Å². The van der Waals surface area contributed by atoms with Crippen molar-refractivity contribution in [3.05, 3.63) is 77.3 Å². The summed E-state index contributed by atoms with van der Waals surface area (Å²) in [4.78, 5) is 14.5. The number of nitrogens with two attached hydrogens (primary N) is 1. The molecule has 2 aromatic carbocycles. The Hall–Kier alpha value is -2.99. The van der Waals surface area contributed by atoms with Crippen LogP contribution in [-0.4, -0.2) is 22.5 Å². The number of benzene rings is 2. The molecule has 1 atom stereocenters. The van der Waals surface area contributed by atoms with Crippen molar-refractivity contribution in [1.29, 1.82) is 0 Å². The molecule has 4 rings (SSSR count). The Morgan fingerprint density at radius 3 is 2.65 bits per heavy atom. The third kappa shape index (κ3) is 2.88. The summed E-state index contributed by atoms with van der Waals surface area (Å²) in [5.74, 6) is 0.163. The summed E-state index contributed by atoms with van der Waals surface area (Å²) in [6.07, 6.45) is 0.532. The molecule has 0 saturated carbocycles. The molecule has 26 heavy (non-hydrogen) atoms. The zero-order chi connectivity index (χ0) is 18.1. The SMILES string of the molecule is N[C@@H](C(=O)N1CCc2onc(-c3ccccc3F)c2C1)c1ccccc1. The van der Waals surface area contributed by atoms with E-state index in [2.05, 4.69) is 5.16 Å². The molecule has 0 radical (unpaired) electrons. The fourth-order valence-electron chi connectivity index (χ4n) is 3.26. The zero-order valence-electron chi connectivity index (χ0n) is 14.1. The molecule has 0 bridgehead atoms. The van der Waals surface area contributed by atoms with Gasteiger partial charge in [-0.05, 0) is 17.7 Å². The van der Waals surface area contributed by atoms with Crippen molar-refractivity contribution in [2.75, 3.05) is 6.54 Å². The number of aromatic nitrogens is 1. The number of carbonyl (C=O) groups excluding carboxylic acids is 1. The van der Waals surface area contributed by atoms with Gasteiger partial charge in [-0.1, -0.05) is 47.6 Å². The maximum Gasteiger partial charge on any atom is 0.244 e. The van der Waals surface area contributed by atoms with Crippen LogP contribution >= 0.6 is 0 Å². The monoisotopic (exact) mass is 351 g/mol. The van der Waals surface area contributed by atoms with E-state index < -0.39 is 6.04 Å². The topological polar surface area (TPSA) is 72.4 Å². The standard InChI is InChI=1S/C20H18FN3O2/c21-16-9-5-4-8-14(16)19-15-12-24(11-10-17(15)26-23-19)20(25)18(22)13-6-2-1-3-7-13/h1-9,18H,10-12,22H2/t18-/m1/s1. The Morgan fingerprint density at radius 1 is 1.15 bits per heavy atom. The van der Waals surface area contributed by atoms with Crippen molar-refractivity contribution in [3.8, 4) is 11.3 Å². The van der Waals surface area contributed by atoms with Gasteiger partial charge in [-0.2, -0.15) is 0 Å². The average molecular weight is 351 g/mol. The highest BCUT2D eigenvalue weighted by molar-refractivity contribution is 5.83. The third-order valence-electron chi connectivity index (χ3n) is 4.69. The minimum Gasteiger partial charge on any atom is -0.360 e. The number of nitrogens with zero attached hydrogens (tertiary/aromatic N) is 2. The maximum absolute atomic E-state index is 14.1. The summed E-state index contributed by atoms with van der Waals surface area (Å²) in [5, 5.41) is 4.04. The molecule has 1 aliphatic heterocycles. The molecule has 2 N–H and O–H groups in total. The summed E-state index contributed by atoms with van der Waals surface area (Å²) < 4.78 is 19.5. The van der Waals surface area contributed by atoms with Crippen molar-refractivity contribution in [2.24, 2.45) is 5.73 Å². The highest BCUT2D eigenvalue weighted by Crippen LogP contribution is 2.32. The van der Waals surface area contributed by atoms with Gasteiger partial charge in [0, 0.05) is 24.1 Å². The molecule has 1 aromatic heterocycles. The molecule has 0 spiro atoms. The highest BCUT2D eigenvalue weighted by atomic mass is 19.1. The summed E-state index contributed by atoms with van der Waals surface area (Å²) in [6, 6.07) is 14.9. The third-order valence-corrected chi connectivity index (χ3v) is 4.69. The Labute approximate surface area is 150 Å². The summed E-state index contributed by atoms with van der Waals surface area (Å²) in [6.45, 7) is 0.806. The van der Waals surface area contributed by atoms with E-state index in [1.165, 1.54) is 6.07 Å². The van der Waals surface area contributed by atoms with E-state index in [1.807, 2.05) is 30.3 Å². The van der Waals surface area contributed by atoms with Gasteiger partial charge < -0.3 is 15.2 Å². The summed E-state index contributed by atoms with van der Waals surface area (Å²) in [5.41, 5.74) is 8.48. The van der Waals surface area contributed by atoms with Gasteiger partial charge in [-0.3, -0.25) is 4.79 Å². The Morgan fingerprint density at radius 2 is 1.88 bits per heavy atom. The van der Waals surface area contributed by atoms with Gasteiger partial charge in [0.05, 0.1) is 6.54 Å². The molecule has 0 unspecified atom stereocenters. The fourth-order valence-corrected chi connectivity index (χ4v) is 3.26. The molecular formula is C20H18FN3O2. The van der Waals surface area contributed by atoms with Gasteiger partial charge in [0.2, 0.25) is 5.91 Å². The molecule has 2 heterocycles. The Kier molecular flexibility index (Phi) is 4.26. The van der Waals surface area contributed by atoms with E-state index in [0.717, 1.165) is 11.1 Å². The number of halogens is 1. The molecule has 0 saturated heterocycles. The Balaban J connectivity index is 1.61. The Bertz CT molecular complexity index is 939. The van der Waals surface area contributed by atoms with Crippen LogP contribution in [0.2, 0.25) is 0 Å². The van der Waals surface area contributed by atoms with Crippen LogP contribution in [0.15, 0.2) is 59.1 Å². The smallest absolute Gasteiger partial charge is 0.244 e. The van der Waals surface area contributed by atoms with Gasteiger partial charge in [0.1, 0.15) is 23.3 Å². The average Bonchev–Trinajstić information content (AvgIpc) is 3.11. The first-order valence-corrected chi connectivity index (χ1v) is 8.47. The van der Waals surface area contributed by atoms with Crippen LogP contribution in [0.25, 0.3) is 11.3 Å². The fraction of sp³-hybridized carbons (Fsp3) is 0.200. The van der Waals surface area contributed by atoms with E-state index in [9.17, 15) is 9.18 Å². The largest absolute Gasteiger partial charge is 0.360 e. The normalized spacial score (nSPS) is 14.8. The van der Waals surface area contributed by atoms with Crippen LogP contribution in [0.1, 0.15) is 22.9 Å². The molecule has 132 valence electrons. The maximum atomic E-state index is 14.1. The molecule has 1 amide bonds. The van der Waals surface area contributed by atoms with Gasteiger partial charge >= 0.3 is 0 Å². The predicted molar refractivity (Wildman–Crippen MR) is 94.4 cm³/mol. The van der Waals surface area contributed by atoms with E-state index in [4.69, 9.17) is 10.3 Å². The number of fused-ring (bicyclic) bond motifs is 1.